The van der Waals surface area contributed by atoms with Crippen molar-refractivity contribution in [2.24, 2.45) is 0 Å². The van der Waals surface area contributed by atoms with Crippen LogP contribution in [0.3, 0.4) is 0 Å². The van der Waals surface area contributed by atoms with E-state index in [4.69, 9.17) is 9.97 Å². The standard InChI is InChI=1S/C52H36N4Si/c1-4-18-38(19-5-1)57(39-20-6-2-7-21-39,40-22-8-3-9-23-40)41-34-32-37(33-35-41)52-53-50(55-46-28-14-10-24-42(46)43-25-11-15-29-47(43)55)36-51(54-52)56-48-30-16-12-26-44(48)45-27-13-17-31-49(45)56/h1-36H. The molecule has 268 valence electrons. The molecule has 0 aliphatic carbocycles. The smallest absolute Gasteiger partial charge is 0.179 e. The number of hydrogen-bond donors (Lipinski definition) is 0. The van der Waals surface area contributed by atoms with Crippen molar-refractivity contribution in [3.8, 4) is 23.0 Å². The van der Waals surface area contributed by atoms with Crippen molar-refractivity contribution in [1.29, 1.82) is 0 Å². The minimum absolute atomic E-state index is 0.671. The number of fused-ring (bicyclic) bond motifs is 6. The summed E-state index contributed by atoms with van der Waals surface area (Å²) in [6.45, 7) is 0. The highest BCUT2D eigenvalue weighted by Gasteiger charge is 2.41. The summed E-state index contributed by atoms with van der Waals surface area (Å²) in [6.07, 6.45) is 0. The van der Waals surface area contributed by atoms with Crippen molar-refractivity contribution in [3.05, 3.63) is 218 Å². The molecule has 5 heteroatoms. The summed E-state index contributed by atoms with van der Waals surface area (Å²) in [6, 6.07) is 78.8. The lowest BCUT2D eigenvalue weighted by Gasteiger charge is -2.34. The average Bonchev–Trinajstić information content (AvgIpc) is 3.81. The molecule has 11 aromatic rings. The Morgan fingerprint density at radius 3 is 0.947 bits per heavy atom. The van der Waals surface area contributed by atoms with Crippen molar-refractivity contribution in [1.82, 2.24) is 19.1 Å². The third-order valence-electron chi connectivity index (χ3n) is 11.5. The maximum absolute atomic E-state index is 5.43. The van der Waals surface area contributed by atoms with Crippen LogP contribution >= 0.6 is 0 Å². The second-order valence-electron chi connectivity index (χ2n) is 14.6. The first-order chi connectivity index (χ1) is 28.3. The summed E-state index contributed by atoms with van der Waals surface area (Å²) in [5, 5.41) is 10.1. The number of hydrogen-bond acceptors (Lipinski definition) is 2. The topological polar surface area (TPSA) is 35.6 Å². The minimum Gasteiger partial charge on any atom is -0.294 e. The van der Waals surface area contributed by atoms with Crippen LogP contribution < -0.4 is 20.7 Å². The molecule has 0 unspecified atom stereocenters. The summed E-state index contributed by atoms with van der Waals surface area (Å²) >= 11 is 0. The van der Waals surface area contributed by atoms with Gasteiger partial charge >= 0.3 is 0 Å². The molecule has 0 saturated carbocycles. The van der Waals surface area contributed by atoms with Crippen molar-refractivity contribution >= 4 is 72.4 Å². The Morgan fingerprint density at radius 2 is 0.596 bits per heavy atom. The first-order valence-corrected chi connectivity index (χ1v) is 21.4. The number of para-hydroxylation sites is 4. The quantitative estimate of drug-likeness (QED) is 0.120. The normalized spacial score (nSPS) is 11.9. The van der Waals surface area contributed by atoms with Gasteiger partial charge in [0.1, 0.15) is 11.6 Å². The molecular weight excluding hydrogens is 709 g/mol. The SMILES string of the molecule is c1ccc([Si](c2ccccc2)(c2ccccc2)c2ccc(-c3nc(-n4c5ccccc5c5ccccc54)cc(-n4c5ccccc5c5ccccc54)n3)cc2)cc1. The molecule has 0 amide bonds. The Bertz CT molecular complexity index is 2890. The molecule has 0 N–H and O–H groups in total. The molecule has 0 saturated heterocycles. The number of aromatic nitrogens is 4. The van der Waals surface area contributed by atoms with Crippen LogP contribution in [-0.2, 0) is 0 Å². The van der Waals surface area contributed by atoms with E-state index < -0.39 is 8.07 Å². The highest BCUT2D eigenvalue weighted by molar-refractivity contribution is 7.19. The molecule has 8 aromatic carbocycles. The molecule has 3 aromatic heterocycles. The Hall–Kier alpha value is -7.34. The molecule has 57 heavy (non-hydrogen) atoms. The molecule has 0 fully saturated rings. The molecule has 0 spiro atoms. The van der Waals surface area contributed by atoms with E-state index in [-0.39, 0.29) is 0 Å². The number of rotatable bonds is 7. The van der Waals surface area contributed by atoms with Crippen LogP contribution in [-0.4, -0.2) is 27.2 Å². The maximum atomic E-state index is 5.43. The summed E-state index contributed by atoms with van der Waals surface area (Å²) < 4.78 is 4.58. The third kappa shape index (κ3) is 5.20. The molecule has 0 atom stereocenters. The predicted octanol–water partition coefficient (Wildman–Crippen LogP) is 9.72. The second-order valence-corrected chi connectivity index (χ2v) is 18.4. The largest absolute Gasteiger partial charge is 0.294 e. The molecule has 4 nitrogen and oxygen atoms in total. The van der Waals surface area contributed by atoms with Gasteiger partial charge in [0.2, 0.25) is 0 Å². The van der Waals surface area contributed by atoms with Crippen molar-refractivity contribution in [2.75, 3.05) is 0 Å². The van der Waals surface area contributed by atoms with Crippen LogP contribution in [0.5, 0.6) is 0 Å². The molecule has 11 rings (SSSR count). The van der Waals surface area contributed by atoms with E-state index in [2.05, 4.69) is 228 Å². The van der Waals surface area contributed by atoms with E-state index in [9.17, 15) is 0 Å². The van der Waals surface area contributed by atoms with Crippen LogP contribution in [0, 0.1) is 0 Å². The summed E-state index contributed by atoms with van der Waals surface area (Å²) in [5.41, 5.74) is 5.39. The number of nitrogens with zero attached hydrogens (tertiary/aromatic N) is 4. The van der Waals surface area contributed by atoms with Crippen LogP contribution in [0.4, 0.5) is 0 Å². The third-order valence-corrected chi connectivity index (χ3v) is 16.3. The van der Waals surface area contributed by atoms with Crippen LogP contribution in [0.2, 0.25) is 0 Å². The van der Waals surface area contributed by atoms with E-state index in [0.29, 0.717) is 5.82 Å². The zero-order chi connectivity index (χ0) is 37.8. The summed E-state index contributed by atoms with van der Waals surface area (Å²) in [7, 11) is -2.70. The highest BCUT2D eigenvalue weighted by Crippen LogP contribution is 2.35. The van der Waals surface area contributed by atoms with Crippen molar-refractivity contribution < 1.29 is 0 Å². The molecule has 0 bridgehead atoms. The Kier molecular flexibility index (Phi) is 7.79. The van der Waals surface area contributed by atoms with E-state index in [0.717, 1.165) is 39.3 Å². The van der Waals surface area contributed by atoms with Crippen LogP contribution in [0.25, 0.3) is 66.6 Å². The molecule has 0 aliphatic heterocycles. The Labute approximate surface area is 331 Å². The molecule has 0 radical (unpaired) electrons. The second kappa shape index (κ2) is 13.4. The fourth-order valence-corrected chi connectivity index (χ4v) is 13.8. The fourth-order valence-electron chi connectivity index (χ4n) is 9.05. The van der Waals surface area contributed by atoms with Gasteiger partial charge in [-0.25, -0.2) is 9.97 Å². The van der Waals surface area contributed by atoms with Gasteiger partial charge in [-0.15, -0.1) is 0 Å². The first-order valence-electron chi connectivity index (χ1n) is 19.4. The van der Waals surface area contributed by atoms with Gasteiger partial charge in [0.25, 0.3) is 0 Å². The van der Waals surface area contributed by atoms with E-state index in [1.165, 1.54) is 42.3 Å². The molecular formula is C52H36N4Si. The monoisotopic (exact) mass is 744 g/mol. The lowest BCUT2D eigenvalue weighted by atomic mass is 10.2. The lowest BCUT2D eigenvalue weighted by molar-refractivity contribution is 0.994. The lowest BCUT2D eigenvalue weighted by Crippen LogP contribution is -2.74. The van der Waals surface area contributed by atoms with Gasteiger partial charge in [0, 0.05) is 33.2 Å². The van der Waals surface area contributed by atoms with E-state index in [1.807, 2.05) is 0 Å². The Balaban J connectivity index is 1.17. The van der Waals surface area contributed by atoms with Gasteiger partial charge in [-0.3, -0.25) is 9.13 Å². The van der Waals surface area contributed by atoms with Crippen LogP contribution in [0.15, 0.2) is 218 Å². The van der Waals surface area contributed by atoms with Crippen molar-refractivity contribution in [2.45, 2.75) is 0 Å². The zero-order valence-electron chi connectivity index (χ0n) is 31.1. The van der Waals surface area contributed by atoms with Gasteiger partial charge in [0.05, 0.1) is 22.1 Å². The average molecular weight is 745 g/mol. The summed E-state index contributed by atoms with van der Waals surface area (Å²) in [4.78, 5) is 10.9. The molecule has 0 aliphatic rings. The minimum atomic E-state index is -2.70. The summed E-state index contributed by atoms with van der Waals surface area (Å²) in [5.74, 6) is 2.31. The number of benzene rings is 8. The Morgan fingerprint density at radius 1 is 0.298 bits per heavy atom. The maximum Gasteiger partial charge on any atom is 0.179 e. The van der Waals surface area contributed by atoms with Gasteiger partial charge in [0.15, 0.2) is 13.9 Å². The van der Waals surface area contributed by atoms with Gasteiger partial charge in [-0.1, -0.05) is 188 Å². The first kappa shape index (κ1) is 33.0. The van der Waals surface area contributed by atoms with Gasteiger partial charge in [-0.2, -0.15) is 0 Å². The fraction of sp³-hybridized carbons (Fsp3) is 0. The van der Waals surface area contributed by atoms with E-state index >= 15 is 0 Å². The van der Waals surface area contributed by atoms with E-state index in [1.54, 1.807) is 0 Å². The van der Waals surface area contributed by atoms with Gasteiger partial charge < -0.3 is 0 Å². The highest BCUT2D eigenvalue weighted by atomic mass is 28.3. The molecule has 3 heterocycles. The van der Waals surface area contributed by atoms with Gasteiger partial charge in [-0.05, 0) is 45.0 Å². The zero-order valence-corrected chi connectivity index (χ0v) is 32.1. The predicted molar refractivity (Wildman–Crippen MR) is 240 cm³/mol. The van der Waals surface area contributed by atoms with Crippen molar-refractivity contribution in [3.63, 3.8) is 0 Å². The van der Waals surface area contributed by atoms with Crippen LogP contribution in [0.1, 0.15) is 0 Å².